The van der Waals surface area contributed by atoms with Crippen molar-refractivity contribution < 1.29 is 23.9 Å². The summed E-state index contributed by atoms with van der Waals surface area (Å²) in [6.07, 6.45) is 7.00. The second-order valence-corrected chi connectivity index (χ2v) is 6.60. The minimum atomic E-state index is -0.665. The molecule has 1 saturated carbocycles. The molecule has 0 bridgehead atoms. The third-order valence-electron chi connectivity index (χ3n) is 4.55. The number of urea groups is 1. The molecule has 7 nitrogen and oxygen atoms in total. The van der Waals surface area contributed by atoms with Gasteiger partial charge in [-0.3, -0.25) is 10.1 Å². The summed E-state index contributed by atoms with van der Waals surface area (Å²) < 4.78 is 9.89. The molecule has 0 aliphatic heterocycles. The Labute approximate surface area is 159 Å². The molecule has 0 radical (unpaired) electrons. The molecule has 0 saturated heterocycles. The lowest BCUT2D eigenvalue weighted by molar-refractivity contribution is -0.143. The van der Waals surface area contributed by atoms with Gasteiger partial charge in [0.2, 0.25) is 0 Å². The standard InChI is InChI=1S/C20H26N2O5/c1-14-5-3-4-6-17(14)21-20(25)22-18(23)13-27-19(24)12-9-15-7-10-16(26-2)11-8-15/h7-12,14,17H,3-6,13H2,1-2H3,(H2,21,22,23,25)/b12-9+/t14-,17-/m0/s1. The number of carbonyl (C=O) groups is 3. The van der Waals surface area contributed by atoms with Crippen LogP contribution in [0, 0.1) is 5.92 Å². The molecule has 146 valence electrons. The monoisotopic (exact) mass is 374 g/mol. The molecule has 2 rings (SSSR count). The van der Waals surface area contributed by atoms with E-state index in [-0.39, 0.29) is 6.04 Å². The van der Waals surface area contributed by atoms with Gasteiger partial charge in [0.05, 0.1) is 7.11 Å². The number of imide groups is 1. The molecule has 0 spiro atoms. The summed E-state index contributed by atoms with van der Waals surface area (Å²) in [5, 5.41) is 4.99. The number of ether oxygens (including phenoxy) is 2. The van der Waals surface area contributed by atoms with Gasteiger partial charge in [-0.1, -0.05) is 31.9 Å². The van der Waals surface area contributed by atoms with E-state index in [9.17, 15) is 14.4 Å². The van der Waals surface area contributed by atoms with Crippen LogP contribution in [-0.4, -0.2) is 37.7 Å². The van der Waals surface area contributed by atoms with Crippen molar-refractivity contribution in [2.24, 2.45) is 5.92 Å². The molecule has 1 aliphatic rings. The zero-order chi connectivity index (χ0) is 19.6. The summed E-state index contributed by atoms with van der Waals surface area (Å²) in [7, 11) is 1.57. The van der Waals surface area contributed by atoms with Crippen molar-refractivity contribution in [3.8, 4) is 5.75 Å². The second kappa shape index (κ2) is 10.4. The van der Waals surface area contributed by atoms with E-state index in [2.05, 4.69) is 17.6 Å². The van der Waals surface area contributed by atoms with Gasteiger partial charge in [0.1, 0.15) is 5.75 Å². The molecule has 2 atom stereocenters. The van der Waals surface area contributed by atoms with Crippen LogP contribution in [0.4, 0.5) is 4.79 Å². The number of carbonyl (C=O) groups excluding carboxylic acids is 3. The van der Waals surface area contributed by atoms with E-state index in [0.717, 1.165) is 24.8 Å². The van der Waals surface area contributed by atoms with Crippen LogP contribution in [-0.2, 0) is 14.3 Å². The molecule has 27 heavy (non-hydrogen) atoms. The molecule has 3 amide bonds. The van der Waals surface area contributed by atoms with E-state index in [1.54, 1.807) is 37.5 Å². The summed E-state index contributed by atoms with van der Waals surface area (Å²) in [5.74, 6) is -0.225. The minimum Gasteiger partial charge on any atom is -0.497 e. The number of nitrogens with one attached hydrogen (secondary N) is 2. The molecule has 1 aromatic rings. The molecular formula is C20H26N2O5. The Morgan fingerprint density at radius 1 is 1.15 bits per heavy atom. The first kappa shape index (κ1) is 20.5. The number of hydrogen-bond acceptors (Lipinski definition) is 5. The molecule has 1 aromatic carbocycles. The lowest BCUT2D eigenvalue weighted by atomic mass is 9.86. The lowest BCUT2D eigenvalue weighted by Gasteiger charge is -2.29. The number of benzene rings is 1. The quantitative estimate of drug-likeness (QED) is 0.590. The zero-order valence-corrected chi connectivity index (χ0v) is 15.7. The lowest BCUT2D eigenvalue weighted by Crippen LogP contribution is -2.48. The predicted molar refractivity (Wildman–Crippen MR) is 101 cm³/mol. The van der Waals surface area contributed by atoms with Gasteiger partial charge in [-0.05, 0) is 42.5 Å². The average molecular weight is 374 g/mol. The maximum absolute atomic E-state index is 11.9. The number of amides is 3. The number of hydrogen-bond donors (Lipinski definition) is 2. The summed E-state index contributed by atoms with van der Waals surface area (Å²) >= 11 is 0. The van der Waals surface area contributed by atoms with Crippen LogP contribution < -0.4 is 15.4 Å². The summed E-state index contributed by atoms with van der Waals surface area (Å²) in [4.78, 5) is 35.3. The highest BCUT2D eigenvalue weighted by atomic mass is 16.5. The summed E-state index contributed by atoms with van der Waals surface area (Å²) in [5.41, 5.74) is 0.790. The van der Waals surface area contributed by atoms with Gasteiger partial charge in [-0.25, -0.2) is 9.59 Å². The summed E-state index contributed by atoms with van der Waals surface area (Å²) in [6, 6.07) is 6.62. The van der Waals surface area contributed by atoms with Crippen molar-refractivity contribution >= 4 is 24.0 Å². The van der Waals surface area contributed by atoms with Crippen LogP contribution in [0.15, 0.2) is 30.3 Å². The number of methoxy groups -OCH3 is 1. The third-order valence-corrected chi connectivity index (χ3v) is 4.55. The van der Waals surface area contributed by atoms with Gasteiger partial charge >= 0.3 is 12.0 Å². The Morgan fingerprint density at radius 3 is 2.52 bits per heavy atom. The van der Waals surface area contributed by atoms with E-state index >= 15 is 0 Å². The highest BCUT2D eigenvalue weighted by Crippen LogP contribution is 2.23. The average Bonchev–Trinajstić information content (AvgIpc) is 2.67. The second-order valence-electron chi connectivity index (χ2n) is 6.60. The first-order chi connectivity index (χ1) is 13.0. The van der Waals surface area contributed by atoms with Crippen molar-refractivity contribution in [2.45, 2.75) is 38.6 Å². The number of esters is 1. The van der Waals surface area contributed by atoms with Crippen LogP contribution in [0.5, 0.6) is 5.75 Å². The predicted octanol–water partition coefficient (Wildman–Crippen LogP) is 2.66. The van der Waals surface area contributed by atoms with Gasteiger partial charge in [-0.2, -0.15) is 0 Å². The fourth-order valence-corrected chi connectivity index (χ4v) is 2.96. The van der Waals surface area contributed by atoms with Gasteiger partial charge < -0.3 is 14.8 Å². The zero-order valence-electron chi connectivity index (χ0n) is 15.7. The first-order valence-electron chi connectivity index (χ1n) is 9.07. The van der Waals surface area contributed by atoms with Crippen molar-refractivity contribution in [1.82, 2.24) is 10.6 Å². The SMILES string of the molecule is COc1ccc(/C=C/C(=O)OCC(=O)NC(=O)N[C@H]2CCCC[C@@H]2C)cc1. The molecule has 2 N–H and O–H groups in total. The molecular weight excluding hydrogens is 348 g/mol. The fraction of sp³-hybridized carbons (Fsp3) is 0.450. The molecule has 7 heteroatoms. The highest BCUT2D eigenvalue weighted by Gasteiger charge is 2.23. The molecule has 1 fully saturated rings. The van der Waals surface area contributed by atoms with Crippen molar-refractivity contribution in [1.29, 1.82) is 0 Å². The Balaban J connectivity index is 1.69. The van der Waals surface area contributed by atoms with Gasteiger partial charge in [0.25, 0.3) is 5.91 Å². The molecule has 1 aliphatic carbocycles. The van der Waals surface area contributed by atoms with Crippen molar-refractivity contribution in [2.75, 3.05) is 13.7 Å². The molecule has 0 heterocycles. The van der Waals surface area contributed by atoms with E-state index in [1.807, 2.05) is 0 Å². The smallest absolute Gasteiger partial charge is 0.331 e. The van der Waals surface area contributed by atoms with E-state index in [4.69, 9.17) is 9.47 Å². The Kier molecular flexibility index (Phi) is 7.85. The normalized spacial score (nSPS) is 19.3. The Bertz CT molecular complexity index is 684. The summed E-state index contributed by atoms with van der Waals surface area (Å²) in [6.45, 7) is 1.57. The van der Waals surface area contributed by atoms with E-state index < -0.39 is 24.5 Å². The number of rotatable bonds is 6. The molecule has 0 aromatic heterocycles. The largest absolute Gasteiger partial charge is 0.497 e. The van der Waals surface area contributed by atoms with Crippen LogP contribution in [0.1, 0.15) is 38.2 Å². The minimum absolute atomic E-state index is 0.0709. The van der Waals surface area contributed by atoms with Crippen LogP contribution in [0.3, 0.4) is 0 Å². The van der Waals surface area contributed by atoms with E-state index in [1.165, 1.54) is 12.5 Å². The Morgan fingerprint density at radius 2 is 1.85 bits per heavy atom. The van der Waals surface area contributed by atoms with Crippen LogP contribution in [0.25, 0.3) is 6.08 Å². The highest BCUT2D eigenvalue weighted by molar-refractivity contribution is 5.96. The van der Waals surface area contributed by atoms with Crippen molar-refractivity contribution in [3.63, 3.8) is 0 Å². The van der Waals surface area contributed by atoms with Gasteiger partial charge in [0.15, 0.2) is 6.61 Å². The van der Waals surface area contributed by atoms with Gasteiger partial charge in [-0.15, -0.1) is 0 Å². The molecule has 0 unspecified atom stereocenters. The van der Waals surface area contributed by atoms with E-state index in [0.29, 0.717) is 11.7 Å². The fourth-order valence-electron chi connectivity index (χ4n) is 2.96. The van der Waals surface area contributed by atoms with Crippen LogP contribution >= 0.6 is 0 Å². The third kappa shape index (κ3) is 7.13. The Hall–Kier alpha value is -2.83. The first-order valence-corrected chi connectivity index (χ1v) is 9.07. The maximum Gasteiger partial charge on any atom is 0.331 e. The van der Waals surface area contributed by atoms with Gasteiger partial charge in [0, 0.05) is 12.1 Å². The van der Waals surface area contributed by atoms with Crippen LogP contribution in [0.2, 0.25) is 0 Å². The maximum atomic E-state index is 11.9. The van der Waals surface area contributed by atoms with Crippen molar-refractivity contribution in [3.05, 3.63) is 35.9 Å². The topological polar surface area (TPSA) is 93.7 Å².